The molecule has 128 valence electrons. The highest BCUT2D eigenvalue weighted by Gasteiger charge is 2.18. The number of methoxy groups -OCH3 is 1. The van der Waals surface area contributed by atoms with Crippen molar-refractivity contribution in [2.45, 2.75) is 33.4 Å². The van der Waals surface area contributed by atoms with Crippen LogP contribution in [0.5, 0.6) is 11.5 Å². The number of para-hydroxylation sites is 1. The third-order valence-corrected chi connectivity index (χ3v) is 4.54. The molecule has 1 aromatic carbocycles. The molecule has 0 atom stereocenters. The van der Waals surface area contributed by atoms with Gasteiger partial charge in [-0.1, -0.05) is 12.1 Å². The Morgan fingerprint density at radius 3 is 2.96 bits per heavy atom. The van der Waals surface area contributed by atoms with Crippen LogP contribution in [0.25, 0.3) is 0 Å². The maximum Gasteiger partial charge on any atom is 0.187 e. The molecule has 1 aliphatic heterocycles. The Bertz CT molecular complexity index is 783. The number of fused-ring (bicyclic) bond motifs is 1. The van der Waals surface area contributed by atoms with Crippen LogP contribution in [0.3, 0.4) is 0 Å². The molecule has 1 aliphatic rings. The number of hydrogen-bond acceptors (Lipinski definition) is 4. The number of pyridine rings is 1. The molecule has 0 spiro atoms. The van der Waals surface area contributed by atoms with E-state index < -0.39 is 0 Å². The van der Waals surface area contributed by atoms with Crippen LogP contribution in [-0.2, 0) is 13.1 Å². The fourth-order valence-corrected chi connectivity index (χ4v) is 3.12. The van der Waals surface area contributed by atoms with E-state index in [1.807, 2.05) is 26.0 Å². The summed E-state index contributed by atoms with van der Waals surface area (Å²) < 4.78 is 11.3. The van der Waals surface area contributed by atoms with E-state index in [1.54, 1.807) is 13.3 Å². The number of aryl methyl sites for hydroxylation is 1. The number of hydrogen-bond donors (Lipinski definition) is 1. The Morgan fingerprint density at radius 2 is 2.17 bits per heavy atom. The van der Waals surface area contributed by atoms with Crippen LogP contribution in [0.15, 0.2) is 29.2 Å². The van der Waals surface area contributed by atoms with Gasteiger partial charge in [0.25, 0.3) is 0 Å². The number of aromatic amines is 1. The van der Waals surface area contributed by atoms with Gasteiger partial charge in [-0.3, -0.25) is 9.69 Å². The van der Waals surface area contributed by atoms with Gasteiger partial charge in [-0.25, -0.2) is 0 Å². The van der Waals surface area contributed by atoms with E-state index in [-0.39, 0.29) is 5.43 Å². The van der Waals surface area contributed by atoms with Crippen LogP contribution in [0, 0.1) is 13.8 Å². The molecule has 2 aromatic rings. The summed E-state index contributed by atoms with van der Waals surface area (Å²) in [5.41, 5.74) is 3.78. The van der Waals surface area contributed by atoms with Crippen LogP contribution in [0.4, 0.5) is 0 Å². The molecule has 1 N–H and O–H groups in total. The summed E-state index contributed by atoms with van der Waals surface area (Å²) in [6, 6.07) is 5.98. The van der Waals surface area contributed by atoms with Crippen molar-refractivity contribution in [3.8, 4) is 11.5 Å². The zero-order valence-electron chi connectivity index (χ0n) is 14.5. The summed E-state index contributed by atoms with van der Waals surface area (Å²) in [5.74, 6) is 1.60. The lowest BCUT2D eigenvalue weighted by atomic mass is 10.1. The number of aromatic nitrogens is 1. The van der Waals surface area contributed by atoms with Crippen LogP contribution in [-0.4, -0.2) is 30.1 Å². The molecule has 5 nitrogen and oxygen atoms in total. The van der Waals surface area contributed by atoms with Gasteiger partial charge in [0.05, 0.1) is 13.7 Å². The number of nitrogens with one attached hydrogen (secondary N) is 1. The van der Waals surface area contributed by atoms with E-state index >= 15 is 0 Å². The molecule has 5 heteroatoms. The van der Waals surface area contributed by atoms with Crippen molar-refractivity contribution in [3.05, 3.63) is 57.0 Å². The Kier molecular flexibility index (Phi) is 4.90. The quantitative estimate of drug-likeness (QED) is 0.941. The SMILES string of the molecule is COc1cccc2c1OCCCN(Cc1[nH]cc(C)c(=O)c1C)C2. The fourth-order valence-electron chi connectivity index (χ4n) is 3.12. The summed E-state index contributed by atoms with van der Waals surface area (Å²) in [5, 5.41) is 0. The second-order valence-corrected chi connectivity index (χ2v) is 6.27. The van der Waals surface area contributed by atoms with Crippen molar-refractivity contribution in [1.29, 1.82) is 0 Å². The van der Waals surface area contributed by atoms with Crippen molar-refractivity contribution in [3.63, 3.8) is 0 Å². The Labute approximate surface area is 142 Å². The van der Waals surface area contributed by atoms with Crippen LogP contribution < -0.4 is 14.9 Å². The molecule has 0 unspecified atom stereocenters. The van der Waals surface area contributed by atoms with Crippen molar-refractivity contribution >= 4 is 0 Å². The molecule has 0 bridgehead atoms. The minimum Gasteiger partial charge on any atom is -0.493 e. The predicted octanol–water partition coefficient (Wildman–Crippen LogP) is 2.79. The highest BCUT2D eigenvalue weighted by atomic mass is 16.5. The van der Waals surface area contributed by atoms with Gasteiger partial charge >= 0.3 is 0 Å². The first-order valence-corrected chi connectivity index (χ1v) is 8.29. The normalized spacial score (nSPS) is 15.1. The predicted molar refractivity (Wildman–Crippen MR) is 93.8 cm³/mol. The monoisotopic (exact) mass is 328 g/mol. The number of ether oxygens (including phenoxy) is 2. The molecule has 0 fully saturated rings. The van der Waals surface area contributed by atoms with E-state index in [0.717, 1.165) is 59.9 Å². The van der Waals surface area contributed by atoms with Gasteiger partial charge in [0.15, 0.2) is 16.9 Å². The molecule has 1 aromatic heterocycles. The molecule has 0 saturated heterocycles. The number of nitrogens with zero attached hydrogens (tertiary/aromatic N) is 1. The smallest absolute Gasteiger partial charge is 0.187 e. The maximum absolute atomic E-state index is 12.2. The van der Waals surface area contributed by atoms with E-state index in [9.17, 15) is 4.79 Å². The third-order valence-electron chi connectivity index (χ3n) is 4.54. The van der Waals surface area contributed by atoms with Gasteiger partial charge in [0, 0.05) is 48.2 Å². The van der Waals surface area contributed by atoms with Gasteiger partial charge in [-0.15, -0.1) is 0 Å². The van der Waals surface area contributed by atoms with E-state index in [2.05, 4.69) is 16.0 Å². The number of rotatable bonds is 3. The zero-order valence-corrected chi connectivity index (χ0v) is 14.5. The highest BCUT2D eigenvalue weighted by molar-refractivity contribution is 5.46. The summed E-state index contributed by atoms with van der Waals surface area (Å²) in [7, 11) is 1.66. The molecule has 2 heterocycles. The summed E-state index contributed by atoms with van der Waals surface area (Å²) in [6.07, 6.45) is 2.74. The first-order chi connectivity index (χ1) is 11.6. The van der Waals surface area contributed by atoms with Gasteiger partial charge in [-0.05, 0) is 26.3 Å². The zero-order chi connectivity index (χ0) is 17.1. The maximum atomic E-state index is 12.2. The molecule has 0 radical (unpaired) electrons. The second-order valence-electron chi connectivity index (χ2n) is 6.27. The molecule has 0 saturated carbocycles. The number of H-pyrrole nitrogens is 1. The molecule has 24 heavy (non-hydrogen) atoms. The minimum atomic E-state index is 0.126. The van der Waals surface area contributed by atoms with E-state index in [1.165, 1.54) is 0 Å². The van der Waals surface area contributed by atoms with Gasteiger partial charge in [0.1, 0.15) is 0 Å². The molecular weight excluding hydrogens is 304 g/mol. The second kappa shape index (κ2) is 7.09. The lowest BCUT2D eigenvalue weighted by molar-refractivity contribution is 0.193. The number of benzene rings is 1. The molecule has 3 rings (SSSR count). The van der Waals surface area contributed by atoms with Gasteiger partial charge in [-0.2, -0.15) is 0 Å². The van der Waals surface area contributed by atoms with Crippen molar-refractivity contribution in [2.75, 3.05) is 20.3 Å². The first-order valence-electron chi connectivity index (χ1n) is 8.29. The van der Waals surface area contributed by atoms with E-state index in [4.69, 9.17) is 9.47 Å². The summed E-state index contributed by atoms with van der Waals surface area (Å²) in [6.45, 7) is 6.80. The van der Waals surface area contributed by atoms with Crippen molar-refractivity contribution < 1.29 is 9.47 Å². The van der Waals surface area contributed by atoms with Crippen LogP contribution in [0.2, 0.25) is 0 Å². The van der Waals surface area contributed by atoms with Gasteiger partial charge < -0.3 is 14.5 Å². The van der Waals surface area contributed by atoms with Crippen molar-refractivity contribution in [1.82, 2.24) is 9.88 Å². The van der Waals surface area contributed by atoms with E-state index in [0.29, 0.717) is 6.61 Å². The largest absolute Gasteiger partial charge is 0.493 e. The molecular formula is C19H24N2O3. The topological polar surface area (TPSA) is 54.6 Å². The Morgan fingerprint density at radius 1 is 1.33 bits per heavy atom. The Hall–Kier alpha value is -2.27. The standard InChI is InChI=1S/C19H24N2O3/c1-13-10-20-16(14(2)18(13)22)12-21-8-5-9-24-19-15(11-21)6-4-7-17(19)23-3/h4,6-7,10H,5,8-9,11-12H2,1-3H3,(H,20,22). The minimum absolute atomic E-state index is 0.126. The Balaban J connectivity index is 1.87. The average Bonchev–Trinajstić information content (AvgIpc) is 2.57. The lowest BCUT2D eigenvalue weighted by Gasteiger charge is -2.27. The lowest BCUT2D eigenvalue weighted by Crippen LogP contribution is -2.29. The molecule has 0 aliphatic carbocycles. The van der Waals surface area contributed by atoms with Gasteiger partial charge in [0.2, 0.25) is 0 Å². The fraction of sp³-hybridized carbons (Fsp3) is 0.421. The van der Waals surface area contributed by atoms with Crippen LogP contribution in [0.1, 0.15) is 28.8 Å². The average molecular weight is 328 g/mol. The van der Waals surface area contributed by atoms with Crippen molar-refractivity contribution in [2.24, 2.45) is 0 Å². The molecule has 0 amide bonds. The summed E-state index contributed by atoms with van der Waals surface area (Å²) in [4.78, 5) is 17.8. The first kappa shape index (κ1) is 16.6. The summed E-state index contributed by atoms with van der Waals surface area (Å²) >= 11 is 0. The van der Waals surface area contributed by atoms with Crippen LogP contribution >= 0.6 is 0 Å². The highest BCUT2D eigenvalue weighted by Crippen LogP contribution is 2.33. The third kappa shape index (κ3) is 3.31.